The number of rotatable bonds is 4. The smallest absolute Gasteiger partial charge is 0.274 e. The van der Waals surface area contributed by atoms with Crippen LogP contribution in [0.5, 0.6) is 5.75 Å². The molecule has 0 bridgehead atoms. The van der Waals surface area contributed by atoms with E-state index < -0.39 is 0 Å². The number of nitrogens with one attached hydrogen (secondary N) is 1. The molecule has 1 aliphatic rings. The normalized spacial score (nSPS) is 17.1. The number of hydrogen-bond acceptors (Lipinski definition) is 5. The number of ether oxygens (including phenoxy) is 1. The second-order valence-corrected chi connectivity index (χ2v) is 7.09. The fourth-order valence-electron chi connectivity index (χ4n) is 3.19. The Morgan fingerprint density at radius 2 is 2.15 bits per heavy atom. The standard InChI is InChI=1S/C19H23ClN4O2/c1-12-5-4-8-24(11-12)18-10-16(21-13(2)22-18)19(25)23-15-9-14(20)6-7-17(15)26-3/h6-7,9-10,12H,4-5,8,11H2,1-3H3,(H,23,25). The number of aryl methyl sites for hydroxylation is 1. The molecule has 1 saturated heterocycles. The highest BCUT2D eigenvalue weighted by Gasteiger charge is 2.20. The molecular formula is C19H23ClN4O2. The van der Waals surface area contributed by atoms with E-state index >= 15 is 0 Å². The molecule has 1 fully saturated rings. The minimum Gasteiger partial charge on any atom is -0.495 e. The van der Waals surface area contributed by atoms with E-state index in [0.717, 1.165) is 25.3 Å². The van der Waals surface area contributed by atoms with Crippen molar-refractivity contribution in [1.29, 1.82) is 0 Å². The predicted octanol–water partition coefficient (Wildman–Crippen LogP) is 3.94. The molecule has 2 aromatic rings. The molecule has 1 unspecified atom stereocenters. The molecule has 3 rings (SSSR count). The third-order valence-electron chi connectivity index (χ3n) is 4.45. The monoisotopic (exact) mass is 374 g/mol. The number of hydrogen-bond donors (Lipinski definition) is 1. The number of carbonyl (C=O) groups excluding carboxylic acids is 1. The zero-order valence-corrected chi connectivity index (χ0v) is 16.0. The molecule has 1 amide bonds. The number of aromatic nitrogens is 2. The van der Waals surface area contributed by atoms with Gasteiger partial charge in [-0.1, -0.05) is 18.5 Å². The van der Waals surface area contributed by atoms with Crippen molar-refractivity contribution in [3.05, 3.63) is 40.8 Å². The molecule has 2 heterocycles. The number of carbonyl (C=O) groups is 1. The zero-order chi connectivity index (χ0) is 18.7. The average molecular weight is 375 g/mol. The van der Waals surface area contributed by atoms with Gasteiger partial charge in [-0.3, -0.25) is 4.79 Å². The van der Waals surface area contributed by atoms with Gasteiger partial charge < -0.3 is 15.0 Å². The van der Waals surface area contributed by atoms with Gasteiger partial charge in [-0.05, 0) is 43.9 Å². The summed E-state index contributed by atoms with van der Waals surface area (Å²) in [6.45, 7) is 5.93. The van der Waals surface area contributed by atoms with Gasteiger partial charge in [0.15, 0.2) is 0 Å². The minimum atomic E-state index is -0.317. The van der Waals surface area contributed by atoms with E-state index in [0.29, 0.717) is 33.9 Å². The van der Waals surface area contributed by atoms with E-state index in [9.17, 15) is 4.79 Å². The number of benzene rings is 1. The fourth-order valence-corrected chi connectivity index (χ4v) is 3.36. The quantitative estimate of drug-likeness (QED) is 0.878. The summed E-state index contributed by atoms with van der Waals surface area (Å²) in [6, 6.07) is 6.82. The number of nitrogens with zero attached hydrogens (tertiary/aromatic N) is 3. The van der Waals surface area contributed by atoms with Crippen molar-refractivity contribution in [2.24, 2.45) is 5.92 Å². The highest BCUT2D eigenvalue weighted by Crippen LogP contribution is 2.28. The van der Waals surface area contributed by atoms with Crippen LogP contribution in [0, 0.1) is 12.8 Å². The first kappa shape index (κ1) is 18.5. The van der Waals surface area contributed by atoms with Crippen molar-refractivity contribution < 1.29 is 9.53 Å². The van der Waals surface area contributed by atoms with Gasteiger partial charge in [-0.25, -0.2) is 9.97 Å². The first-order chi connectivity index (χ1) is 12.5. The average Bonchev–Trinajstić information content (AvgIpc) is 2.61. The summed E-state index contributed by atoms with van der Waals surface area (Å²) in [4.78, 5) is 23.8. The maximum Gasteiger partial charge on any atom is 0.274 e. The van der Waals surface area contributed by atoms with E-state index in [1.807, 2.05) is 0 Å². The Balaban J connectivity index is 1.85. The van der Waals surface area contributed by atoms with E-state index in [4.69, 9.17) is 16.3 Å². The van der Waals surface area contributed by atoms with Crippen LogP contribution in [0.4, 0.5) is 11.5 Å². The van der Waals surface area contributed by atoms with Gasteiger partial charge in [-0.2, -0.15) is 0 Å². The third kappa shape index (κ3) is 4.25. The van der Waals surface area contributed by atoms with Crippen LogP contribution >= 0.6 is 11.6 Å². The molecule has 0 spiro atoms. The van der Waals surface area contributed by atoms with Crippen LogP contribution in [-0.2, 0) is 0 Å². The van der Waals surface area contributed by atoms with E-state index in [1.54, 1.807) is 38.3 Å². The summed E-state index contributed by atoms with van der Waals surface area (Å²) in [6.07, 6.45) is 2.36. The molecule has 1 N–H and O–H groups in total. The molecule has 0 aliphatic carbocycles. The lowest BCUT2D eigenvalue weighted by Gasteiger charge is -2.32. The van der Waals surface area contributed by atoms with Crippen LogP contribution in [0.1, 0.15) is 36.1 Å². The van der Waals surface area contributed by atoms with Crippen LogP contribution in [-0.4, -0.2) is 36.1 Å². The number of piperidine rings is 1. The molecule has 6 nitrogen and oxygen atoms in total. The van der Waals surface area contributed by atoms with Gasteiger partial charge in [-0.15, -0.1) is 0 Å². The van der Waals surface area contributed by atoms with Crippen molar-refractivity contribution in [3.63, 3.8) is 0 Å². The number of halogens is 1. The molecule has 26 heavy (non-hydrogen) atoms. The lowest BCUT2D eigenvalue weighted by atomic mass is 10.0. The van der Waals surface area contributed by atoms with E-state index in [1.165, 1.54) is 6.42 Å². The maximum absolute atomic E-state index is 12.7. The fraction of sp³-hybridized carbons (Fsp3) is 0.421. The Morgan fingerprint density at radius 1 is 1.35 bits per heavy atom. The molecule has 1 aromatic heterocycles. The molecule has 0 saturated carbocycles. The molecule has 1 aliphatic heterocycles. The highest BCUT2D eigenvalue weighted by atomic mass is 35.5. The minimum absolute atomic E-state index is 0.317. The molecule has 7 heteroatoms. The van der Waals surface area contributed by atoms with Crippen LogP contribution in [0.25, 0.3) is 0 Å². The molecule has 0 radical (unpaired) electrons. The van der Waals surface area contributed by atoms with Crippen molar-refractivity contribution in [1.82, 2.24) is 9.97 Å². The molecule has 138 valence electrons. The maximum atomic E-state index is 12.7. The zero-order valence-electron chi connectivity index (χ0n) is 15.3. The summed E-state index contributed by atoms with van der Waals surface area (Å²) in [5, 5.41) is 3.34. The predicted molar refractivity (Wildman–Crippen MR) is 103 cm³/mol. The van der Waals surface area contributed by atoms with Gasteiger partial charge in [0, 0.05) is 24.2 Å². The molecular weight excluding hydrogens is 352 g/mol. The van der Waals surface area contributed by atoms with Crippen LogP contribution in [0.15, 0.2) is 24.3 Å². The van der Waals surface area contributed by atoms with Crippen LogP contribution in [0.3, 0.4) is 0 Å². The van der Waals surface area contributed by atoms with Crippen LogP contribution < -0.4 is 15.0 Å². The largest absolute Gasteiger partial charge is 0.495 e. The summed E-state index contributed by atoms with van der Waals surface area (Å²) in [7, 11) is 1.54. The van der Waals surface area contributed by atoms with Gasteiger partial charge in [0.25, 0.3) is 5.91 Å². The van der Waals surface area contributed by atoms with Gasteiger partial charge in [0.05, 0.1) is 12.8 Å². The highest BCUT2D eigenvalue weighted by molar-refractivity contribution is 6.31. The van der Waals surface area contributed by atoms with Gasteiger partial charge >= 0.3 is 0 Å². The molecule has 1 aromatic carbocycles. The van der Waals surface area contributed by atoms with Crippen molar-refractivity contribution >= 4 is 29.0 Å². The Labute approximate surface area is 158 Å². The lowest BCUT2D eigenvalue weighted by Crippen LogP contribution is -2.35. The van der Waals surface area contributed by atoms with Gasteiger partial charge in [0.1, 0.15) is 23.1 Å². The summed E-state index contributed by atoms with van der Waals surface area (Å²) in [5.74, 6) is 2.21. The molecule has 1 atom stereocenters. The lowest BCUT2D eigenvalue weighted by molar-refractivity contribution is 0.102. The summed E-state index contributed by atoms with van der Waals surface area (Å²) < 4.78 is 5.28. The Bertz CT molecular complexity index is 812. The van der Waals surface area contributed by atoms with Crippen molar-refractivity contribution in [2.45, 2.75) is 26.7 Å². The van der Waals surface area contributed by atoms with Crippen LogP contribution in [0.2, 0.25) is 5.02 Å². The van der Waals surface area contributed by atoms with E-state index in [-0.39, 0.29) is 5.91 Å². The SMILES string of the molecule is COc1ccc(Cl)cc1NC(=O)c1cc(N2CCCC(C)C2)nc(C)n1. The van der Waals surface area contributed by atoms with Crippen molar-refractivity contribution in [2.75, 3.05) is 30.4 Å². The van der Waals surface area contributed by atoms with E-state index in [2.05, 4.69) is 27.1 Å². The first-order valence-corrected chi connectivity index (χ1v) is 9.09. The Kier molecular flexibility index (Phi) is 5.61. The Hall–Kier alpha value is -2.34. The topological polar surface area (TPSA) is 67.3 Å². The third-order valence-corrected chi connectivity index (χ3v) is 4.68. The van der Waals surface area contributed by atoms with Crippen molar-refractivity contribution in [3.8, 4) is 5.75 Å². The second-order valence-electron chi connectivity index (χ2n) is 6.65. The first-order valence-electron chi connectivity index (χ1n) is 8.72. The summed E-state index contributed by atoms with van der Waals surface area (Å²) in [5.41, 5.74) is 0.835. The number of anilines is 2. The Morgan fingerprint density at radius 3 is 2.88 bits per heavy atom. The second kappa shape index (κ2) is 7.91. The number of amides is 1. The number of methoxy groups -OCH3 is 1. The van der Waals surface area contributed by atoms with Gasteiger partial charge in [0.2, 0.25) is 0 Å². The summed E-state index contributed by atoms with van der Waals surface area (Å²) >= 11 is 6.03.